The largest absolute Gasteiger partial charge is 0.478 e. The molecule has 0 radical (unpaired) electrons. The Hall–Kier alpha value is -4.99. The molecule has 200 valence electrons. The number of hydrogen-bond donors (Lipinski definition) is 4. The highest BCUT2D eigenvalue weighted by molar-refractivity contribution is 6.15. The van der Waals surface area contributed by atoms with Crippen LogP contribution in [0.5, 0.6) is 0 Å². The third kappa shape index (κ3) is 4.96. The first kappa shape index (κ1) is 27.1. The Bertz CT molecular complexity index is 1470. The number of amides is 4. The van der Waals surface area contributed by atoms with Crippen LogP contribution in [0.15, 0.2) is 83.9 Å². The number of aliphatic imine (C=N–C) groups is 1. The molecule has 10 heteroatoms. The minimum absolute atomic E-state index is 0.0140. The summed E-state index contributed by atoms with van der Waals surface area (Å²) in [7, 11) is 0. The average molecular weight is 528 g/mol. The maximum atomic E-state index is 14.3. The van der Waals surface area contributed by atoms with Crippen LogP contribution in [0.25, 0.3) is 0 Å². The average Bonchev–Trinajstić information content (AvgIpc) is 3.00. The van der Waals surface area contributed by atoms with Gasteiger partial charge in [0.05, 0.1) is 11.3 Å². The van der Waals surface area contributed by atoms with Gasteiger partial charge >= 0.3 is 12.0 Å². The van der Waals surface area contributed by atoms with Crippen molar-refractivity contribution >= 4 is 40.9 Å². The minimum Gasteiger partial charge on any atom is -0.478 e. The summed E-state index contributed by atoms with van der Waals surface area (Å²) in [4.78, 5) is 57.9. The van der Waals surface area contributed by atoms with Crippen molar-refractivity contribution in [3.8, 4) is 0 Å². The van der Waals surface area contributed by atoms with Crippen LogP contribution in [0.4, 0.5) is 16.2 Å². The molecule has 0 bridgehead atoms. The van der Waals surface area contributed by atoms with Gasteiger partial charge in [0.2, 0.25) is 12.1 Å². The molecule has 0 fully saturated rings. The molecule has 3 aromatic carbocycles. The number of carbonyl (C=O) groups is 4. The first-order valence-electron chi connectivity index (χ1n) is 12.3. The first-order chi connectivity index (χ1) is 18.6. The predicted molar refractivity (Wildman–Crippen MR) is 148 cm³/mol. The maximum Gasteiger partial charge on any atom is 0.335 e. The lowest BCUT2D eigenvalue weighted by Crippen LogP contribution is -2.64. The lowest BCUT2D eigenvalue weighted by molar-refractivity contribution is -0.131. The number of nitrogens with zero attached hydrogens (tertiary/aromatic N) is 2. The molecule has 10 nitrogen and oxygen atoms in total. The Kier molecular flexibility index (Phi) is 7.48. The number of benzene rings is 3. The second kappa shape index (κ2) is 10.8. The van der Waals surface area contributed by atoms with E-state index in [-0.39, 0.29) is 11.3 Å². The second-order valence-electron chi connectivity index (χ2n) is 9.44. The van der Waals surface area contributed by atoms with Crippen molar-refractivity contribution in [3.05, 3.63) is 95.6 Å². The molecule has 4 rings (SSSR count). The van der Waals surface area contributed by atoms with Crippen LogP contribution in [-0.4, -0.2) is 40.8 Å². The summed E-state index contributed by atoms with van der Waals surface area (Å²) < 4.78 is 0. The van der Waals surface area contributed by atoms with Gasteiger partial charge in [-0.1, -0.05) is 68.4 Å². The third-order valence-corrected chi connectivity index (χ3v) is 6.72. The standard InChI is InChI=1S/C29H29N5O5/c1-17(2)29(27(30)38,20-11-5-4-6-12-20)34-23-15-8-7-14-22(23)18(3)31-24(25(34)35)33-28(39)32-21-13-9-10-19(16-21)26(36)37/h4-17,24H,1-3H3,(H2,30,38)(H,36,37)(H2,32,33,39). The summed E-state index contributed by atoms with van der Waals surface area (Å²) >= 11 is 0. The van der Waals surface area contributed by atoms with E-state index >= 15 is 0 Å². The maximum absolute atomic E-state index is 14.3. The van der Waals surface area contributed by atoms with Crippen molar-refractivity contribution in [2.75, 3.05) is 10.2 Å². The lowest BCUT2D eigenvalue weighted by Gasteiger charge is -2.45. The zero-order chi connectivity index (χ0) is 28.3. The Morgan fingerprint density at radius 2 is 1.67 bits per heavy atom. The smallest absolute Gasteiger partial charge is 0.335 e. The van der Waals surface area contributed by atoms with E-state index in [2.05, 4.69) is 15.6 Å². The van der Waals surface area contributed by atoms with E-state index in [0.717, 1.165) is 0 Å². The molecule has 2 atom stereocenters. The number of carboxylic acid groups (broad SMARTS) is 1. The number of nitrogens with one attached hydrogen (secondary N) is 2. The Morgan fingerprint density at radius 3 is 2.31 bits per heavy atom. The van der Waals surface area contributed by atoms with Crippen LogP contribution < -0.4 is 21.3 Å². The molecule has 0 saturated carbocycles. The number of aromatic carboxylic acids is 1. The van der Waals surface area contributed by atoms with Gasteiger partial charge < -0.3 is 21.5 Å². The Morgan fingerprint density at radius 1 is 1.00 bits per heavy atom. The number of fused-ring (bicyclic) bond motifs is 1. The van der Waals surface area contributed by atoms with Crippen molar-refractivity contribution < 1.29 is 24.3 Å². The number of para-hydroxylation sites is 1. The molecule has 0 saturated heterocycles. The number of hydrogen-bond acceptors (Lipinski definition) is 5. The monoisotopic (exact) mass is 527 g/mol. The van der Waals surface area contributed by atoms with E-state index in [0.29, 0.717) is 22.5 Å². The minimum atomic E-state index is -1.61. The summed E-state index contributed by atoms with van der Waals surface area (Å²) in [6.07, 6.45) is -1.42. The molecule has 1 aliphatic rings. The van der Waals surface area contributed by atoms with Crippen molar-refractivity contribution in [1.29, 1.82) is 0 Å². The molecule has 4 amide bonds. The summed E-state index contributed by atoms with van der Waals surface area (Å²) in [6.45, 7) is 5.32. The van der Waals surface area contributed by atoms with E-state index in [9.17, 15) is 24.3 Å². The molecule has 1 heterocycles. The van der Waals surface area contributed by atoms with Gasteiger partial charge in [-0.05, 0) is 42.7 Å². The fourth-order valence-electron chi connectivity index (χ4n) is 4.96. The number of carbonyl (C=O) groups excluding carboxylic acids is 3. The van der Waals surface area contributed by atoms with Gasteiger partial charge in [0, 0.05) is 17.0 Å². The van der Waals surface area contributed by atoms with Crippen LogP contribution in [0, 0.1) is 5.92 Å². The topological polar surface area (TPSA) is 154 Å². The highest BCUT2D eigenvalue weighted by atomic mass is 16.4. The van der Waals surface area contributed by atoms with Crippen LogP contribution in [0.3, 0.4) is 0 Å². The number of anilines is 2. The molecular formula is C29H29N5O5. The third-order valence-electron chi connectivity index (χ3n) is 6.72. The van der Waals surface area contributed by atoms with Gasteiger partial charge in [-0.2, -0.15) is 0 Å². The number of primary amides is 1. The second-order valence-corrected chi connectivity index (χ2v) is 9.44. The molecule has 0 aromatic heterocycles. The summed E-state index contributed by atoms with van der Waals surface area (Å²) in [5, 5.41) is 14.4. The Labute approximate surface area is 225 Å². The molecule has 0 spiro atoms. The SMILES string of the molecule is CC1=NC(NC(=O)Nc2cccc(C(=O)O)c2)C(=O)N(C(C(N)=O)(c2ccccc2)C(C)C)c2ccccc21. The van der Waals surface area contributed by atoms with Gasteiger partial charge in [-0.15, -0.1) is 0 Å². The summed E-state index contributed by atoms with van der Waals surface area (Å²) in [5.74, 6) is -3.02. The molecule has 3 aromatic rings. The van der Waals surface area contributed by atoms with E-state index in [1.807, 2.05) is 0 Å². The van der Waals surface area contributed by atoms with Crippen molar-refractivity contribution in [2.45, 2.75) is 32.5 Å². The molecule has 0 aliphatic carbocycles. The van der Waals surface area contributed by atoms with Crippen LogP contribution >= 0.6 is 0 Å². The fraction of sp³-hybridized carbons (Fsp3) is 0.207. The zero-order valence-corrected chi connectivity index (χ0v) is 21.7. The van der Waals surface area contributed by atoms with Crippen molar-refractivity contribution in [1.82, 2.24) is 5.32 Å². The number of rotatable bonds is 7. The molecule has 2 unspecified atom stereocenters. The highest BCUT2D eigenvalue weighted by Gasteiger charge is 2.52. The summed E-state index contributed by atoms with van der Waals surface area (Å²) in [6, 6.07) is 20.8. The van der Waals surface area contributed by atoms with Crippen LogP contribution in [0.1, 0.15) is 42.3 Å². The normalized spacial score (nSPS) is 16.4. The quantitative estimate of drug-likeness (QED) is 0.369. The predicted octanol–water partition coefficient (Wildman–Crippen LogP) is 3.73. The number of nitrogens with two attached hydrogens (primary N) is 1. The highest BCUT2D eigenvalue weighted by Crippen LogP contribution is 2.42. The van der Waals surface area contributed by atoms with Crippen LogP contribution in [0.2, 0.25) is 0 Å². The van der Waals surface area contributed by atoms with Crippen molar-refractivity contribution in [3.63, 3.8) is 0 Å². The van der Waals surface area contributed by atoms with E-state index in [1.54, 1.807) is 75.4 Å². The van der Waals surface area contributed by atoms with E-state index in [4.69, 9.17) is 5.73 Å². The number of carboxylic acids is 1. The van der Waals surface area contributed by atoms with Gasteiger partial charge in [-0.25, -0.2) is 9.59 Å². The molecule has 1 aliphatic heterocycles. The molecule has 39 heavy (non-hydrogen) atoms. The van der Waals surface area contributed by atoms with Crippen molar-refractivity contribution in [2.24, 2.45) is 16.6 Å². The Balaban J connectivity index is 1.81. The van der Waals surface area contributed by atoms with Gasteiger partial charge in [-0.3, -0.25) is 19.5 Å². The van der Waals surface area contributed by atoms with Gasteiger partial charge in [0.25, 0.3) is 5.91 Å². The molecule has 5 N–H and O–H groups in total. The summed E-state index contributed by atoms with van der Waals surface area (Å²) in [5.41, 5.74) is 6.72. The van der Waals surface area contributed by atoms with Gasteiger partial charge in [0.15, 0.2) is 5.54 Å². The van der Waals surface area contributed by atoms with Crippen LogP contribution in [-0.2, 0) is 15.1 Å². The van der Waals surface area contributed by atoms with Gasteiger partial charge in [0.1, 0.15) is 0 Å². The number of urea groups is 1. The zero-order valence-electron chi connectivity index (χ0n) is 21.7. The van der Waals surface area contributed by atoms with E-state index in [1.165, 1.54) is 29.2 Å². The lowest BCUT2D eigenvalue weighted by atomic mass is 9.76. The first-order valence-corrected chi connectivity index (χ1v) is 12.3. The fourth-order valence-corrected chi connectivity index (χ4v) is 4.96. The number of benzodiazepines with no additional fused rings is 1. The van der Waals surface area contributed by atoms with E-state index < -0.39 is 41.4 Å². The molecular weight excluding hydrogens is 498 g/mol.